The number of aromatic nitrogens is 1. The van der Waals surface area contributed by atoms with Gasteiger partial charge >= 0.3 is 5.97 Å². The van der Waals surface area contributed by atoms with E-state index in [1.807, 2.05) is 18.3 Å². The molecule has 2 saturated heterocycles. The van der Waals surface area contributed by atoms with Crippen molar-refractivity contribution in [3.05, 3.63) is 64.8 Å². The number of aromatic carboxylic acids is 1. The molecule has 2 aliphatic rings. The summed E-state index contributed by atoms with van der Waals surface area (Å²) in [5, 5.41) is 10.4. The summed E-state index contributed by atoms with van der Waals surface area (Å²) in [6, 6.07) is 11.5. The van der Waals surface area contributed by atoms with Gasteiger partial charge in [-0.2, -0.15) is 0 Å². The van der Waals surface area contributed by atoms with Crippen LogP contribution in [0.25, 0.3) is 10.9 Å². The number of fused-ring (bicyclic) bond motifs is 2. The van der Waals surface area contributed by atoms with Gasteiger partial charge in [0, 0.05) is 60.9 Å². The maximum atomic E-state index is 14.2. The fraction of sp³-hybridized carbons (Fsp3) is 0.400. The Hall–Kier alpha value is -2.90. The number of rotatable bonds is 5. The van der Waals surface area contributed by atoms with Gasteiger partial charge in [-0.25, -0.2) is 9.18 Å². The number of halogens is 1. The molecule has 0 unspecified atom stereocenters. The molecule has 0 spiro atoms. The summed E-state index contributed by atoms with van der Waals surface area (Å²) in [7, 11) is 1.70. The van der Waals surface area contributed by atoms with Crippen LogP contribution in [0.1, 0.15) is 39.5 Å². The van der Waals surface area contributed by atoms with Crippen LogP contribution in [0.3, 0.4) is 0 Å². The van der Waals surface area contributed by atoms with Crippen molar-refractivity contribution in [3.63, 3.8) is 0 Å². The van der Waals surface area contributed by atoms with E-state index in [9.17, 15) is 14.3 Å². The molecule has 0 saturated carbocycles. The van der Waals surface area contributed by atoms with Crippen LogP contribution in [0.15, 0.2) is 42.6 Å². The Balaban J connectivity index is 1.52. The Bertz CT molecular complexity index is 1140. The second-order valence-electron chi connectivity index (χ2n) is 8.95. The summed E-state index contributed by atoms with van der Waals surface area (Å²) >= 11 is 0. The molecule has 7 heteroatoms. The highest BCUT2D eigenvalue weighted by Crippen LogP contribution is 2.38. The van der Waals surface area contributed by atoms with Crippen LogP contribution in [-0.2, 0) is 6.54 Å². The molecule has 3 atom stereocenters. The molecule has 2 aromatic carbocycles. The number of carboxylic acids is 1. The lowest BCUT2D eigenvalue weighted by molar-refractivity contribution is 0.0441. The number of carboxylic acid groups (broad SMARTS) is 1. The van der Waals surface area contributed by atoms with Crippen LogP contribution in [0.4, 0.5) is 4.39 Å². The second kappa shape index (κ2) is 8.22. The van der Waals surface area contributed by atoms with Crippen LogP contribution >= 0.6 is 0 Å². The van der Waals surface area contributed by atoms with Crippen LogP contribution in [0.2, 0.25) is 0 Å². The van der Waals surface area contributed by atoms with E-state index in [4.69, 9.17) is 4.74 Å². The number of piperazine rings is 1. The lowest BCUT2D eigenvalue weighted by Crippen LogP contribution is -2.51. The first-order valence-corrected chi connectivity index (χ1v) is 11.0. The van der Waals surface area contributed by atoms with Gasteiger partial charge < -0.3 is 14.8 Å². The number of hydrogen-bond acceptors (Lipinski definition) is 4. The van der Waals surface area contributed by atoms with Crippen molar-refractivity contribution in [3.8, 4) is 5.75 Å². The average Bonchev–Trinajstić information content (AvgIpc) is 3.41. The first-order valence-electron chi connectivity index (χ1n) is 11.0. The lowest BCUT2D eigenvalue weighted by atomic mass is 9.96. The van der Waals surface area contributed by atoms with E-state index in [1.54, 1.807) is 19.2 Å². The standard InChI is InChI=1S/C25H28FN3O3/c1-15-9-23(32-2)21(20-7-8-27-24(15)20)13-29-12-19-10-18(26)11-28(19)14-22(29)16-3-5-17(6-4-16)25(30)31/h3-9,18-19,22,27H,10-14H2,1-2H3,(H,30,31)/t18-,19+,22+/m0/s1. The molecular weight excluding hydrogens is 409 g/mol. The van der Waals surface area contributed by atoms with Gasteiger partial charge in [-0.1, -0.05) is 12.1 Å². The minimum absolute atomic E-state index is 0.0411. The zero-order valence-corrected chi connectivity index (χ0v) is 18.3. The van der Waals surface area contributed by atoms with Gasteiger partial charge in [0.15, 0.2) is 0 Å². The third kappa shape index (κ3) is 3.65. The summed E-state index contributed by atoms with van der Waals surface area (Å²) in [6.45, 7) is 4.69. The third-order valence-electron chi connectivity index (χ3n) is 7.01. The molecule has 2 fully saturated rings. The molecule has 0 amide bonds. The number of carbonyl (C=O) groups is 1. The minimum atomic E-state index is -0.934. The van der Waals surface area contributed by atoms with Crippen molar-refractivity contribution in [2.45, 2.75) is 38.1 Å². The van der Waals surface area contributed by atoms with E-state index in [-0.39, 0.29) is 17.6 Å². The Morgan fingerprint density at radius 1 is 1.22 bits per heavy atom. The van der Waals surface area contributed by atoms with E-state index in [2.05, 4.69) is 33.8 Å². The van der Waals surface area contributed by atoms with Gasteiger partial charge in [0.25, 0.3) is 0 Å². The van der Waals surface area contributed by atoms with Crippen LogP contribution < -0.4 is 4.74 Å². The highest BCUT2D eigenvalue weighted by atomic mass is 19.1. The van der Waals surface area contributed by atoms with Crippen LogP contribution in [0.5, 0.6) is 5.75 Å². The predicted octanol–water partition coefficient (Wildman–Crippen LogP) is 4.15. The van der Waals surface area contributed by atoms with Gasteiger partial charge in [0.05, 0.1) is 12.7 Å². The highest BCUT2D eigenvalue weighted by Gasteiger charge is 2.41. The van der Waals surface area contributed by atoms with E-state index in [0.717, 1.165) is 46.4 Å². The highest BCUT2D eigenvalue weighted by molar-refractivity contribution is 5.88. The molecular formula is C25H28FN3O3. The molecule has 32 heavy (non-hydrogen) atoms. The number of ether oxygens (including phenoxy) is 1. The zero-order chi connectivity index (χ0) is 22.4. The fourth-order valence-corrected chi connectivity index (χ4v) is 5.39. The Morgan fingerprint density at radius 2 is 2.00 bits per heavy atom. The Labute approximate surface area is 186 Å². The Morgan fingerprint density at radius 3 is 2.72 bits per heavy atom. The molecule has 168 valence electrons. The van der Waals surface area contributed by atoms with E-state index in [0.29, 0.717) is 19.5 Å². The zero-order valence-electron chi connectivity index (χ0n) is 18.3. The largest absolute Gasteiger partial charge is 0.496 e. The minimum Gasteiger partial charge on any atom is -0.496 e. The van der Waals surface area contributed by atoms with Crippen molar-refractivity contribution >= 4 is 16.9 Å². The normalized spacial score (nSPS) is 24.0. The van der Waals surface area contributed by atoms with Gasteiger partial charge in [0.1, 0.15) is 11.9 Å². The number of methoxy groups -OCH3 is 1. The predicted molar refractivity (Wildman–Crippen MR) is 121 cm³/mol. The average molecular weight is 438 g/mol. The number of hydrogen-bond donors (Lipinski definition) is 2. The lowest BCUT2D eigenvalue weighted by Gasteiger charge is -2.44. The van der Waals surface area contributed by atoms with Gasteiger partial charge in [0.2, 0.25) is 0 Å². The number of benzene rings is 2. The van der Waals surface area contributed by atoms with Gasteiger partial charge in [-0.3, -0.25) is 9.80 Å². The molecule has 1 aromatic heterocycles. The maximum absolute atomic E-state index is 14.2. The summed E-state index contributed by atoms with van der Waals surface area (Å²) in [5.41, 5.74) is 4.67. The Kier molecular flexibility index (Phi) is 5.39. The summed E-state index contributed by atoms with van der Waals surface area (Å²) in [6.07, 6.45) is 1.72. The van der Waals surface area contributed by atoms with E-state index < -0.39 is 12.1 Å². The third-order valence-corrected chi connectivity index (χ3v) is 7.01. The van der Waals surface area contributed by atoms with E-state index in [1.165, 1.54) is 0 Å². The number of H-pyrrole nitrogens is 1. The number of aromatic amines is 1. The van der Waals surface area contributed by atoms with Crippen molar-refractivity contribution in [1.82, 2.24) is 14.8 Å². The number of aryl methyl sites for hydroxylation is 1. The SMILES string of the molecule is COc1cc(C)c2[nH]ccc2c1CN1C[C@H]2C[C@H](F)CN2C[C@@H]1c1ccc(C(=O)O)cc1. The van der Waals surface area contributed by atoms with Gasteiger partial charge in [-0.15, -0.1) is 0 Å². The monoisotopic (exact) mass is 437 g/mol. The van der Waals surface area contributed by atoms with Crippen molar-refractivity contribution < 1.29 is 19.0 Å². The molecule has 2 aliphatic heterocycles. The van der Waals surface area contributed by atoms with Crippen LogP contribution in [0, 0.1) is 6.92 Å². The van der Waals surface area contributed by atoms with Crippen molar-refractivity contribution in [2.24, 2.45) is 0 Å². The first-order chi connectivity index (χ1) is 15.4. The summed E-state index contributed by atoms with van der Waals surface area (Å²) < 4.78 is 20.0. The topological polar surface area (TPSA) is 68.8 Å². The second-order valence-corrected chi connectivity index (χ2v) is 8.95. The number of alkyl halides is 1. The quantitative estimate of drug-likeness (QED) is 0.628. The van der Waals surface area contributed by atoms with E-state index >= 15 is 0 Å². The smallest absolute Gasteiger partial charge is 0.335 e. The first kappa shape index (κ1) is 21.0. The summed E-state index contributed by atoms with van der Waals surface area (Å²) in [5.74, 6) is -0.0806. The van der Waals surface area contributed by atoms with Crippen molar-refractivity contribution in [1.29, 1.82) is 0 Å². The van der Waals surface area contributed by atoms with Crippen LogP contribution in [-0.4, -0.2) is 64.8 Å². The van der Waals surface area contributed by atoms with Gasteiger partial charge in [-0.05, 0) is 48.7 Å². The molecule has 5 rings (SSSR count). The summed E-state index contributed by atoms with van der Waals surface area (Å²) in [4.78, 5) is 19.3. The molecule has 3 aromatic rings. The molecule has 2 N–H and O–H groups in total. The van der Waals surface area contributed by atoms with Crippen molar-refractivity contribution in [2.75, 3.05) is 26.7 Å². The number of nitrogens with one attached hydrogen (secondary N) is 1. The molecule has 3 heterocycles. The molecule has 0 bridgehead atoms. The fourth-order valence-electron chi connectivity index (χ4n) is 5.39. The maximum Gasteiger partial charge on any atom is 0.335 e. The molecule has 0 aliphatic carbocycles. The molecule has 6 nitrogen and oxygen atoms in total. The number of nitrogens with zero attached hydrogens (tertiary/aromatic N) is 2. The molecule has 0 radical (unpaired) electrons.